The Labute approximate surface area is 141 Å². The Balaban J connectivity index is 1.98. The van der Waals surface area contributed by atoms with Crippen molar-refractivity contribution >= 4 is 0 Å². The molecule has 0 aliphatic rings. The zero-order chi connectivity index (χ0) is 16.3. The van der Waals surface area contributed by atoms with Crippen LogP contribution in [0.1, 0.15) is 37.8 Å². The molecule has 0 spiro atoms. The van der Waals surface area contributed by atoms with Crippen molar-refractivity contribution in [3.05, 3.63) is 71.8 Å². The summed E-state index contributed by atoms with van der Waals surface area (Å²) in [4.78, 5) is 5.13. The number of rotatable bonds is 10. The van der Waals surface area contributed by atoms with Gasteiger partial charge in [0.05, 0.1) is 6.67 Å². The van der Waals surface area contributed by atoms with Gasteiger partial charge in [0.2, 0.25) is 0 Å². The van der Waals surface area contributed by atoms with Crippen molar-refractivity contribution < 1.29 is 0 Å². The molecular weight excluding hydrogens is 280 g/mol. The van der Waals surface area contributed by atoms with Crippen LogP contribution in [0.3, 0.4) is 0 Å². The van der Waals surface area contributed by atoms with Crippen LogP contribution in [0.4, 0.5) is 0 Å². The van der Waals surface area contributed by atoms with Crippen molar-refractivity contribution in [2.75, 3.05) is 19.8 Å². The van der Waals surface area contributed by atoms with Crippen LogP contribution in [0.15, 0.2) is 60.7 Å². The highest BCUT2D eigenvalue weighted by molar-refractivity contribution is 5.15. The normalized spacial score (nSPS) is 11.3. The minimum absolute atomic E-state index is 1.03. The maximum Gasteiger partial charge on any atom is 0.0512 e. The lowest BCUT2D eigenvalue weighted by atomic mass is 10.2. The molecule has 124 valence electrons. The van der Waals surface area contributed by atoms with Gasteiger partial charge >= 0.3 is 0 Å². The third kappa shape index (κ3) is 6.55. The number of hydrogen-bond donors (Lipinski definition) is 0. The quantitative estimate of drug-likeness (QED) is 0.583. The standard InChI is InChI=1S/C21H30N2/c1-3-15-22(17-20-11-7-5-8-12-20)19-23(16-4-2)18-21-13-9-6-10-14-21/h5-14H,3-4,15-19H2,1-2H3. The lowest BCUT2D eigenvalue weighted by Gasteiger charge is -2.30. The van der Waals surface area contributed by atoms with Crippen LogP contribution in [-0.2, 0) is 13.1 Å². The largest absolute Gasteiger partial charge is 0.286 e. The first-order valence-corrected chi connectivity index (χ1v) is 8.84. The van der Waals surface area contributed by atoms with Crippen LogP contribution in [0.2, 0.25) is 0 Å². The smallest absolute Gasteiger partial charge is 0.0512 e. The average molecular weight is 310 g/mol. The molecule has 0 atom stereocenters. The third-order valence-electron chi connectivity index (χ3n) is 3.98. The Morgan fingerprint density at radius 2 is 1.00 bits per heavy atom. The van der Waals surface area contributed by atoms with Gasteiger partial charge in [0.15, 0.2) is 0 Å². The molecule has 2 rings (SSSR count). The summed E-state index contributed by atoms with van der Waals surface area (Å²) in [6, 6.07) is 21.6. The van der Waals surface area contributed by atoms with Gasteiger partial charge in [-0.05, 0) is 37.1 Å². The van der Waals surface area contributed by atoms with Crippen molar-refractivity contribution in [2.45, 2.75) is 39.8 Å². The molecule has 0 aliphatic heterocycles. The number of benzene rings is 2. The summed E-state index contributed by atoms with van der Waals surface area (Å²) in [5.41, 5.74) is 2.80. The molecule has 0 radical (unpaired) electrons. The Morgan fingerprint density at radius 1 is 0.609 bits per heavy atom. The van der Waals surface area contributed by atoms with E-state index >= 15 is 0 Å². The van der Waals surface area contributed by atoms with Crippen molar-refractivity contribution in [1.82, 2.24) is 9.80 Å². The van der Waals surface area contributed by atoms with E-state index in [-0.39, 0.29) is 0 Å². The fourth-order valence-corrected chi connectivity index (χ4v) is 3.00. The molecule has 2 heteroatoms. The maximum atomic E-state index is 2.56. The van der Waals surface area contributed by atoms with E-state index in [2.05, 4.69) is 84.3 Å². The highest BCUT2D eigenvalue weighted by Gasteiger charge is 2.11. The van der Waals surface area contributed by atoms with E-state index in [1.165, 1.54) is 24.0 Å². The third-order valence-corrected chi connectivity index (χ3v) is 3.98. The number of nitrogens with zero attached hydrogens (tertiary/aromatic N) is 2. The predicted molar refractivity (Wildman–Crippen MR) is 99.2 cm³/mol. The molecular formula is C21H30N2. The van der Waals surface area contributed by atoms with Gasteiger partial charge in [0.1, 0.15) is 0 Å². The monoisotopic (exact) mass is 310 g/mol. The van der Waals surface area contributed by atoms with E-state index in [1.807, 2.05) is 0 Å². The molecule has 0 saturated heterocycles. The minimum atomic E-state index is 1.03. The first kappa shape index (κ1) is 17.7. The molecule has 0 fully saturated rings. The van der Waals surface area contributed by atoms with Crippen LogP contribution < -0.4 is 0 Å². The lowest BCUT2D eigenvalue weighted by Crippen LogP contribution is -2.38. The van der Waals surface area contributed by atoms with Gasteiger partial charge in [-0.3, -0.25) is 9.80 Å². The van der Waals surface area contributed by atoms with Gasteiger partial charge < -0.3 is 0 Å². The van der Waals surface area contributed by atoms with Crippen molar-refractivity contribution in [1.29, 1.82) is 0 Å². The Kier molecular flexibility index (Phi) is 7.85. The molecule has 2 aromatic rings. The molecule has 2 nitrogen and oxygen atoms in total. The van der Waals surface area contributed by atoms with Crippen molar-refractivity contribution in [2.24, 2.45) is 0 Å². The summed E-state index contributed by atoms with van der Waals surface area (Å²) in [5, 5.41) is 0. The van der Waals surface area contributed by atoms with E-state index in [0.29, 0.717) is 0 Å². The Morgan fingerprint density at radius 3 is 1.35 bits per heavy atom. The molecule has 0 unspecified atom stereocenters. The predicted octanol–water partition coefficient (Wildman–Crippen LogP) is 4.77. The molecule has 0 bridgehead atoms. The van der Waals surface area contributed by atoms with E-state index in [4.69, 9.17) is 0 Å². The van der Waals surface area contributed by atoms with Crippen molar-refractivity contribution in [3.8, 4) is 0 Å². The summed E-state index contributed by atoms with van der Waals surface area (Å²) < 4.78 is 0. The number of hydrogen-bond acceptors (Lipinski definition) is 2. The maximum absolute atomic E-state index is 2.56. The fourth-order valence-electron chi connectivity index (χ4n) is 3.00. The van der Waals surface area contributed by atoms with Gasteiger partial charge in [-0.15, -0.1) is 0 Å². The highest BCUT2D eigenvalue weighted by atomic mass is 15.3. The fraction of sp³-hybridized carbons (Fsp3) is 0.429. The first-order chi connectivity index (χ1) is 11.3. The van der Waals surface area contributed by atoms with Crippen LogP contribution >= 0.6 is 0 Å². The summed E-state index contributed by atoms with van der Waals surface area (Å²) in [7, 11) is 0. The zero-order valence-corrected chi connectivity index (χ0v) is 14.6. The van der Waals surface area contributed by atoms with Crippen molar-refractivity contribution in [3.63, 3.8) is 0 Å². The highest BCUT2D eigenvalue weighted by Crippen LogP contribution is 2.10. The summed E-state index contributed by atoms with van der Waals surface area (Å²) in [5.74, 6) is 0. The second kappa shape index (κ2) is 10.2. The molecule has 0 aliphatic carbocycles. The zero-order valence-electron chi connectivity index (χ0n) is 14.6. The van der Waals surface area contributed by atoms with Crippen LogP contribution in [0.25, 0.3) is 0 Å². The van der Waals surface area contributed by atoms with Gasteiger partial charge in [-0.1, -0.05) is 74.5 Å². The second-order valence-corrected chi connectivity index (χ2v) is 6.22. The van der Waals surface area contributed by atoms with Gasteiger partial charge in [-0.2, -0.15) is 0 Å². The molecule has 0 heterocycles. The van der Waals surface area contributed by atoms with E-state index in [9.17, 15) is 0 Å². The molecule has 0 N–H and O–H groups in total. The SMILES string of the molecule is CCCN(Cc1ccccc1)CN(CCC)Cc1ccccc1. The molecule has 0 saturated carbocycles. The second-order valence-electron chi connectivity index (χ2n) is 6.22. The van der Waals surface area contributed by atoms with E-state index in [0.717, 1.165) is 32.8 Å². The first-order valence-electron chi connectivity index (χ1n) is 8.84. The Hall–Kier alpha value is -1.64. The van der Waals surface area contributed by atoms with Crippen LogP contribution in [-0.4, -0.2) is 29.6 Å². The topological polar surface area (TPSA) is 6.48 Å². The summed E-state index contributed by atoms with van der Waals surface area (Å²) in [6.07, 6.45) is 2.39. The lowest BCUT2D eigenvalue weighted by molar-refractivity contribution is 0.119. The van der Waals surface area contributed by atoms with Gasteiger partial charge in [0, 0.05) is 13.1 Å². The van der Waals surface area contributed by atoms with Gasteiger partial charge in [0.25, 0.3) is 0 Å². The van der Waals surface area contributed by atoms with Gasteiger partial charge in [-0.25, -0.2) is 0 Å². The Bertz CT molecular complexity index is 475. The van der Waals surface area contributed by atoms with Crippen LogP contribution in [0.5, 0.6) is 0 Å². The average Bonchev–Trinajstić information content (AvgIpc) is 2.57. The molecule has 2 aromatic carbocycles. The van der Waals surface area contributed by atoms with Crippen LogP contribution in [0, 0.1) is 0 Å². The molecule has 23 heavy (non-hydrogen) atoms. The van der Waals surface area contributed by atoms with E-state index < -0.39 is 0 Å². The van der Waals surface area contributed by atoms with E-state index in [1.54, 1.807) is 0 Å². The summed E-state index contributed by atoms with van der Waals surface area (Å²) in [6.45, 7) is 9.91. The summed E-state index contributed by atoms with van der Waals surface area (Å²) >= 11 is 0. The minimum Gasteiger partial charge on any atom is -0.286 e. The molecule has 0 amide bonds. The molecule has 0 aromatic heterocycles.